The highest BCUT2D eigenvalue weighted by atomic mass is 35.5. The predicted molar refractivity (Wildman–Crippen MR) is 117 cm³/mol. The zero-order valence-corrected chi connectivity index (χ0v) is 17.7. The number of carbonyl (C=O) groups excluding carboxylic acids is 1. The van der Waals surface area contributed by atoms with E-state index in [9.17, 15) is 4.79 Å². The molecule has 3 N–H and O–H groups in total. The number of amides is 1. The van der Waals surface area contributed by atoms with Gasteiger partial charge in [0.15, 0.2) is 5.69 Å². The number of rotatable bonds is 4. The van der Waals surface area contributed by atoms with Gasteiger partial charge in [0.25, 0.3) is 0 Å². The van der Waals surface area contributed by atoms with Crippen molar-refractivity contribution in [2.45, 2.75) is 13.3 Å². The Labute approximate surface area is 181 Å². The Morgan fingerprint density at radius 3 is 2.47 bits per heavy atom. The molecule has 0 fully saturated rings. The summed E-state index contributed by atoms with van der Waals surface area (Å²) in [5.41, 5.74) is 10.8. The normalized spacial score (nSPS) is 10.6. The van der Waals surface area contributed by atoms with Crippen LogP contribution >= 0.6 is 0 Å². The van der Waals surface area contributed by atoms with Crippen LogP contribution in [-0.2, 0) is 18.2 Å². The summed E-state index contributed by atoms with van der Waals surface area (Å²) in [7, 11) is 2.08. The third-order valence-electron chi connectivity index (χ3n) is 5.16. The lowest BCUT2D eigenvalue weighted by Crippen LogP contribution is -3.00. The molecular formula is C24H24ClN3O2. The van der Waals surface area contributed by atoms with Crippen LogP contribution in [0.4, 0.5) is 16.2 Å². The lowest BCUT2D eigenvalue weighted by atomic mass is 9.98. The number of pyridine rings is 1. The van der Waals surface area contributed by atoms with Gasteiger partial charge in [0.2, 0.25) is 5.52 Å². The van der Waals surface area contributed by atoms with E-state index in [1.165, 1.54) is 10.9 Å². The summed E-state index contributed by atoms with van der Waals surface area (Å²) < 4.78 is 7.25. The Bertz CT molecular complexity index is 1210. The molecule has 0 spiro atoms. The van der Waals surface area contributed by atoms with E-state index in [0.29, 0.717) is 12.3 Å². The molecule has 0 unspecified atom stereocenters. The smallest absolute Gasteiger partial charge is 0.411 e. The largest absolute Gasteiger partial charge is 1.00 e. The number of fused-ring (bicyclic) bond motifs is 3. The third kappa shape index (κ3) is 4.16. The molecule has 0 aliphatic heterocycles. The van der Waals surface area contributed by atoms with E-state index in [-0.39, 0.29) is 12.4 Å². The number of ether oxygens (including phenoxy) is 1. The lowest BCUT2D eigenvalue weighted by Gasteiger charge is -2.12. The van der Waals surface area contributed by atoms with Crippen LogP contribution in [0.25, 0.3) is 21.7 Å². The number of para-hydroxylation sites is 1. The maximum Gasteiger partial charge on any atom is 0.411 e. The molecule has 0 saturated heterocycles. The van der Waals surface area contributed by atoms with Gasteiger partial charge in [-0.2, -0.15) is 4.57 Å². The van der Waals surface area contributed by atoms with Gasteiger partial charge in [0, 0.05) is 22.8 Å². The van der Waals surface area contributed by atoms with E-state index >= 15 is 0 Å². The zero-order chi connectivity index (χ0) is 20.4. The first-order valence-corrected chi connectivity index (χ1v) is 9.68. The number of aryl methyl sites for hydroxylation is 1. The van der Waals surface area contributed by atoms with Crippen molar-refractivity contribution >= 4 is 39.1 Å². The number of nitrogen functional groups attached to an aromatic ring is 1. The van der Waals surface area contributed by atoms with Gasteiger partial charge in [-0.15, -0.1) is 0 Å². The Morgan fingerprint density at radius 1 is 1.00 bits per heavy atom. The molecule has 30 heavy (non-hydrogen) atoms. The maximum absolute atomic E-state index is 11.9. The first-order chi connectivity index (χ1) is 14.1. The second-order valence-electron chi connectivity index (χ2n) is 7.05. The van der Waals surface area contributed by atoms with Crippen molar-refractivity contribution < 1.29 is 26.5 Å². The van der Waals surface area contributed by atoms with Crippen LogP contribution in [0.1, 0.15) is 18.2 Å². The first kappa shape index (κ1) is 21.4. The van der Waals surface area contributed by atoms with Crippen LogP contribution in [0.2, 0.25) is 0 Å². The number of hydrogen-bond donors (Lipinski definition) is 2. The molecular weight excluding hydrogens is 398 g/mol. The van der Waals surface area contributed by atoms with Gasteiger partial charge in [0.1, 0.15) is 7.05 Å². The van der Waals surface area contributed by atoms with Crippen LogP contribution in [0.5, 0.6) is 0 Å². The summed E-state index contributed by atoms with van der Waals surface area (Å²) in [5, 5.41) is 6.24. The molecule has 0 radical (unpaired) electrons. The summed E-state index contributed by atoms with van der Waals surface area (Å²) >= 11 is 0. The molecule has 0 atom stereocenters. The van der Waals surface area contributed by atoms with Crippen molar-refractivity contribution in [2.75, 3.05) is 17.7 Å². The van der Waals surface area contributed by atoms with E-state index < -0.39 is 6.09 Å². The number of nitrogens with zero attached hydrogens (tertiary/aromatic N) is 1. The number of halogens is 1. The molecule has 0 aliphatic rings. The summed E-state index contributed by atoms with van der Waals surface area (Å²) in [4.78, 5) is 11.9. The zero-order valence-electron chi connectivity index (χ0n) is 17.0. The maximum atomic E-state index is 11.9. The van der Waals surface area contributed by atoms with E-state index in [0.717, 1.165) is 34.1 Å². The number of benzene rings is 3. The van der Waals surface area contributed by atoms with Crippen LogP contribution in [-0.4, -0.2) is 12.7 Å². The highest BCUT2D eigenvalue weighted by Crippen LogP contribution is 2.29. The number of anilines is 2. The van der Waals surface area contributed by atoms with Crippen LogP contribution in [0.15, 0.2) is 66.7 Å². The minimum Gasteiger partial charge on any atom is -1.00 e. The molecule has 4 aromatic rings. The van der Waals surface area contributed by atoms with Crippen molar-refractivity contribution in [1.82, 2.24) is 0 Å². The molecule has 4 rings (SSSR count). The fourth-order valence-corrected chi connectivity index (χ4v) is 3.74. The van der Waals surface area contributed by atoms with Crippen molar-refractivity contribution in [3.8, 4) is 0 Å². The first-order valence-electron chi connectivity index (χ1n) is 9.68. The number of aromatic nitrogens is 1. The van der Waals surface area contributed by atoms with E-state index in [2.05, 4.69) is 53.3 Å². The molecule has 1 aromatic heterocycles. The van der Waals surface area contributed by atoms with Crippen LogP contribution < -0.4 is 28.0 Å². The lowest BCUT2D eigenvalue weighted by molar-refractivity contribution is -0.651. The minimum atomic E-state index is -0.447. The standard InChI is InChI=1S/C24H23N3O2.ClH/c1-3-29-24(28)26-18-12-13-19-20-6-4-5-7-22(20)27(2)23(21(19)15-18)14-16-8-10-17(25)11-9-16;/h4-13,15H,3,14,25H2,1-2H3;1H. The molecule has 6 heteroatoms. The Hall–Kier alpha value is -3.31. The number of nitrogens with two attached hydrogens (primary N) is 1. The second kappa shape index (κ2) is 9.01. The van der Waals surface area contributed by atoms with E-state index in [1.807, 2.05) is 30.3 Å². The van der Waals surface area contributed by atoms with Gasteiger partial charge in [-0.3, -0.25) is 5.32 Å². The predicted octanol–water partition coefficient (Wildman–Crippen LogP) is 1.56. The van der Waals surface area contributed by atoms with Crippen molar-refractivity contribution in [1.29, 1.82) is 0 Å². The molecule has 5 nitrogen and oxygen atoms in total. The quantitative estimate of drug-likeness (QED) is 0.298. The van der Waals surface area contributed by atoms with Gasteiger partial charge in [0.05, 0.1) is 23.8 Å². The average Bonchev–Trinajstić information content (AvgIpc) is 2.72. The van der Waals surface area contributed by atoms with Crippen molar-refractivity contribution in [2.24, 2.45) is 7.05 Å². The van der Waals surface area contributed by atoms with Crippen molar-refractivity contribution in [3.05, 3.63) is 78.0 Å². The van der Waals surface area contributed by atoms with Gasteiger partial charge >= 0.3 is 6.09 Å². The van der Waals surface area contributed by atoms with Crippen LogP contribution in [0.3, 0.4) is 0 Å². The summed E-state index contributed by atoms with van der Waals surface area (Å²) in [5.74, 6) is 0. The van der Waals surface area contributed by atoms with E-state index in [4.69, 9.17) is 10.5 Å². The fraction of sp³-hybridized carbons (Fsp3) is 0.167. The summed E-state index contributed by atoms with van der Waals surface area (Å²) in [6.07, 6.45) is 0.304. The molecule has 154 valence electrons. The number of hydrogen-bond acceptors (Lipinski definition) is 3. The molecule has 1 heterocycles. The molecule has 3 aromatic carbocycles. The van der Waals surface area contributed by atoms with Gasteiger partial charge in [-0.25, -0.2) is 4.79 Å². The average molecular weight is 422 g/mol. The Balaban J connectivity index is 0.00000256. The highest BCUT2D eigenvalue weighted by Gasteiger charge is 2.19. The van der Waals surface area contributed by atoms with Gasteiger partial charge in [-0.05, 0) is 42.8 Å². The highest BCUT2D eigenvalue weighted by molar-refractivity contribution is 6.06. The van der Waals surface area contributed by atoms with Gasteiger partial charge in [-0.1, -0.05) is 30.3 Å². The molecule has 0 aliphatic carbocycles. The monoisotopic (exact) mass is 421 g/mol. The number of nitrogens with one attached hydrogen (secondary N) is 1. The molecule has 0 bridgehead atoms. The third-order valence-corrected chi connectivity index (χ3v) is 5.16. The fourth-order valence-electron chi connectivity index (χ4n) is 3.74. The van der Waals surface area contributed by atoms with Gasteiger partial charge < -0.3 is 22.9 Å². The molecule has 1 amide bonds. The minimum absolute atomic E-state index is 0. The Kier molecular flexibility index (Phi) is 6.43. The summed E-state index contributed by atoms with van der Waals surface area (Å²) in [6, 6.07) is 22.3. The van der Waals surface area contributed by atoms with Crippen molar-refractivity contribution in [3.63, 3.8) is 0 Å². The SMILES string of the molecule is CCOC(=O)Nc1ccc2c(c1)c(Cc1ccc(N)cc1)[n+](C)c1ccccc21.[Cl-]. The second-order valence-corrected chi connectivity index (χ2v) is 7.05. The Morgan fingerprint density at radius 2 is 1.73 bits per heavy atom. The van der Waals surface area contributed by atoms with Crippen LogP contribution in [0, 0.1) is 0 Å². The summed E-state index contributed by atoms with van der Waals surface area (Å²) in [6.45, 7) is 2.12. The number of carbonyl (C=O) groups is 1. The molecule has 0 saturated carbocycles. The topological polar surface area (TPSA) is 68.2 Å². The van der Waals surface area contributed by atoms with E-state index in [1.54, 1.807) is 6.92 Å².